The molecule has 0 saturated carbocycles. The second kappa shape index (κ2) is 6.27. The van der Waals surface area contributed by atoms with Gasteiger partial charge in [-0.15, -0.1) is 0 Å². The van der Waals surface area contributed by atoms with Gasteiger partial charge in [0.05, 0.1) is 24.1 Å². The van der Waals surface area contributed by atoms with Crippen LogP contribution in [0.2, 0.25) is 0 Å². The summed E-state index contributed by atoms with van der Waals surface area (Å²) in [6.45, 7) is 3.93. The monoisotopic (exact) mass is 464 g/mol. The third-order valence-corrected chi connectivity index (χ3v) is 6.26. The molecule has 2 aromatic carbocycles. The second-order valence-corrected chi connectivity index (χ2v) is 8.65. The van der Waals surface area contributed by atoms with Crippen molar-refractivity contribution in [2.45, 2.75) is 18.6 Å². The molecule has 3 aliphatic rings. The van der Waals surface area contributed by atoms with Crippen LogP contribution >= 0.6 is 31.9 Å². The van der Waals surface area contributed by atoms with Gasteiger partial charge in [0.2, 0.25) is 0 Å². The molecule has 2 bridgehead atoms. The van der Waals surface area contributed by atoms with Gasteiger partial charge >= 0.3 is 0 Å². The predicted octanol–water partition coefficient (Wildman–Crippen LogP) is 4.93. The van der Waals surface area contributed by atoms with Crippen LogP contribution in [-0.2, 0) is 4.74 Å². The van der Waals surface area contributed by atoms with Crippen LogP contribution in [0, 0.1) is 0 Å². The highest BCUT2D eigenvalue weighted by molar-refractivity contribution is 9.10. The highest BCUT2D eigenvalue weighted by atomic mass is 79.9. The Morgan fingerprint density at radius 2 is 1.64 bits per heavy atom. The lowest BCUT2D eigenvalue weighted by Crippen LogP contribution is -2.41. The van der Waals surface area contributed by atoms with Crippen LogP contribution in [0.4, 0.5) is 11.4 Å². The maximum Gasteiger partial charge on any atom is 0.152 e. The Bertz CT molecular complexity index is 778. The molecular formula is C19H18Br2N2O2. The lowest BCUT2D eigenvalue weighted by Gasteiger charge is -2.35. The Kier molecular flexibility index (Phi) is 4.04. The number of morpholine rings is 1. The molecule has 3 aliphatic heterocycles. The van der Waals surface area contributed by atoms with Crippen molar-refractivity contribution < 1.29 is 9.47 Å². The number of ether oxygens (including phenoxy) is 2. The first-order chi connectivity index (χ1) is 12.2. The molecule has 2 saturated heterocycles. The van der Waals surface area contributed by atoms with E-state index in [0.717, 1.165) is 58.1 Å². The minimum atomic E-state index is 0.446. The Morgan fingerprint density at radius 3 is 2.20 bits per heavy atom. The van der Waals surface area contributed by atoms with E-state index in [1.165, 1.54) is 6.42 Å². The standard InChI is InChI=1S/C19H18Br2N2O2/c20-12-1-3-16-18(7-12)25-19-8-13(21)2-4-17(19)23(16)6-5-22-10-15-9-14(22)11-24-15/h1-4,7-8,14-15H,5-6,9-11H2/t14-,15-/m1/s1. The lowest BCUT2D eigenvalue weighted by atomic mass is 10.1. The van der Waals surface area contributed by atoms with Crippen molar-refractivity contribution in [3.63, 3.8) is 0 Å². The lowest BCUT2D eigenvalue weighted by molar-refractivity contribution is 0.0320. The summed E-state index contributed by atoms with van der Waals surface area (Å²) < 4.78 is 13.9. The van der Waals surface area contributed by atoms with E-state index in [0.29, 0.717) is 12.1 Å². The first-order valence-electron chi connectivity index (χ1n) is 8.57. The normalized spacial score (nSPS) is 24.2. The first-order valence-corrected chi connectivity index (χ1v) is 10.2. The van der Waals surface area contributed by atoms with Gasteiger partial charge in [0.25, 0.3) is 0 Å². The summed E-state index contributed by atoms with van der Waals surface area (Å²) in [4.78, 5) is 4.95. The number of benzene rings is 2. The summed E-state index contributed by atoms with van der Waals surface area (Å²) in [5.41, 5.74) is 2.25. The molecule has 0 unspecified atom stereocenters. The van der Waals surface area contributed by atoms with E-state index in [9.17, 15) is 0 Å². The fourth-order valence-electron chi connectivity index (χ4n) is 4.06. The summed E-state index contributed by atoms with van der Waals surface area (Å²) in [6.07, 6.45) is 1.64. The fraction of sp³-hybridized carbons (Fsp3) is 0.368. The van der Waals surface area contributed by atoms with E-state index in [2.05, 4.69) is 65.9 Å². The molecule has 2 aromatic rings. The molecule has 5 rings (SSSR count). The van der Waals surface area contributed by atoms with Gasteiger partial charge in [-0.1, -0.05) is 31.9 Å². The van der Waals surface area contributed by atoms with Gasteiger partial charge in [-0.25, -0.2) is 0 Å². The number of rotatable bonds is 3. The molecule has 4 nitrogen and oxygen atoms in total. The molecule has 0 radical (unpaired) electrons. The molecule has 25 heavy (non-hydrogen) atoms. The van der Waals surface area contributed by atoms with Gasteiger partial charge in [-0.3, -0.25) is 4.90 Å². The summed E-state index contributed by atoms with van der Waals surface area (Å²) in [5.74, 6) is 1.79. The van der Waals surface area contributed by atoms with E-state index in [-0.39, 0.29) is 0 Å². The van der Waals surface area contributed by atoms with Gasteiger partial charge in [0.1, 0.15) is 0 Å². The van der Waals surface area contributed by atoms with Crippen LogP contribution in [-0.4, -0.2) is 43.3 Å². The average molecular weight is 466 g/mol. The van der Waals surface area contributed by atoms with Crippen molar-refractivity contribution in [3.8, 4) is 11.5 Å². The molecule has 2 fully saturated rings. The Hall–Kier alpha value is -1.08. The minimum Gasteiger partial charge on any atom is -0.453 e. The van der Waals surface area contributed by atoms with Gasteiger partial charge in [0.15, 0.2) is 11.5 Å². The van der Waals surface area contributed by atoms with Crippen LogP contribution < -0.4 is 9.64 Å². The topological polar surface area (TPSA) is 24.9 Å². The van der Waals surface area contributed by atoms with Crippen LogP contribution in [0.3, 0.4) is 0 Å². The van der Waals surface area contributed by atoms with Crippen LogP contribution in [0.5, 0.6) is 11.5 Å². The number of nitrogens with zero attached hydrogens (tertiary/aromatic N) is 2. The quantitative estimate of drug-likeness (QED) is 0.641. The molecule has 0 amide bonds. The summed E-state index contributed by atoms with van der Waals surface area (Å²) in [5, 5.41) is 0. The summed E-state index contributed by atoms with van der Waals surface area (Å²) in [7, 11) is 0. The molecule has 3 heterocycles. The zero-order valence-corrected chi connectivity index (χ0v) is 16.8. The second-order valence-electron chi connectivity index (χ2n) is 6.82. The molecule has 130 valence electrons. The number of likely N-dealkylation sites (tertiary alicyclic amines) is 1. The number of hydrogen-bond donors (Lipinski definition) is 0. The van der Waals surface area contributed by atoms with Crippen molar-refractivity contribution in [1.82, 2.24) is 4.90 Å². The minimum absolute atomic E-state index is 0.446. The largest absolute Gasteiger partial charge is 0.453 e. The third-order valence-electron chi connectivity index (χ3n) is 5.27. The number of fused-ring (bicyclic) bond motifs is 4. The Balaban J connectivity index is 1.45. The number of anilines is 2. The molecule has 0 aromatic heterocycles. The van der Waals surface area contributed by atoms with Gasteiger partial charge in [-0.2, -0.15) is 0 Å². The maximum absolute atomic E-state index is 6.16. The van der Waals surface area contributed by atoms with E-state index in [4.69, 9.17) is 9.47 Å². The maximum atomic E-state index is 6.16. The fourth-order valence-corrected chi connectivity index (χ4v) is 4.74. The van der Waals surface area contributed by atoms with E-state index < -0.39 is 0 Å². The molecular weight excluding hydrogens is 448 g/mol. The van der Waals surface area contributed by atoms with Crippen LogP contribution in [0.25, 0.3) is 0 Å². The average Bonchev–Trinajstić information content (AvgIpc) is 3.21. The third kappa shape index (κ3) is 2.89. The highest BCUT2D eigenvalue weighted by Gasteiger charge is 2.39. The Labute approximate surface area is 164 Å². The van der Waals surface area contributed by atoms with Gasteiger partial charge in [0, 0.05) is 34.6 Å². The first kappa shape index (κ1) is 16.1. The molecule has 6 heteroatoms. The summed E-state index contributed by atoms with van der Waals surface area (Å²) in [6, 6.07) is 13.1. The smallest absolute Gasteiger partial charge is 0.152 e. The predicted molar refractivity (Wildman–Crippen MR) is 105 cm³/mol. The molecule has 0 aliphatic carbocycles. The zero-order valence-electron chi connectivity index (χ0n) is 13.6. The van der Waals surface area contributed by atoms with E-state index >= 15 is 0 Å². The van der Waals surface area contributed by atoms with Crippen molar-refractivity contribution in [1.29, 1.82) is 0 Å². The van der Waals surface area contributed by atoms with Crippen molar-refractivity contribution in [2.75, 3.05) is 31.1 Å². The van der Waals surface area contributed by atoms with Crippen molar-refractivity contribution >= 4 is 43.2 Å². The summed E-state index contributed by atoms with van der Waals surface area (Å²) >= 11 is 7.10. The van der Waals surface area contributed by atoms with Crippen LogP contribution in [0.1, 0.15) is 6.42 Å². The van der Waals surface area contributed by atoms with Crippen molar-refractivity contribution in [3.05, 3.63) is 45.3 Å². The van der Waals surface area contributed by atoms with Crippen molar-refractivity contribution in [2.24, 2.45) is 0 Å². The highest BCUT2D eigenvalue weighted by Crippen LogP contribution is 2.48. The van der Waals surface area contributed by atoms with E-state index in [1.807, 2.05) is 12.1 Å². The number of hydrogen-bond acceptors (Lipinski definition) is 4. The zero-order chi connectivity index (χ0) is 17.0. The molecule has 2 atom stereocenters. The van der Waals surface area contributed by atoms with Crippen LogP contribution in [0.15, 0.2) is 45.3 Å². The van der Waals surface area contributed by atoms with Gasteiger partial charge in [-0.05, 0) is 42.8 Å². The Morgan fingerprint density at radius 1 is 0.960 bits per heavy atom. The van der Waals surface area contributed by atoms with Gasteiger partial charge < -0.3 is 14.4 Å². The van der Waals surface area contributed by atoms with E-state index in [1.54, 1.807) is 0 Å². The molecule has 0 N–H and O–H groups in total. The molecule has 0 spiro atoms. The number of halogens is 2. The SMILES string of the molecule is Brc1ccc2c(c1)Oc1cc(Br)ccc1N2CCN1C[C@H]2C[C@@H]1CO2.